The predicted molar refractivity (Wildman–Crippen MR) is 121 cm³/mol. The van der Waals surface area contributed by atoms with Crippen LogP contribution in [-0.2, 0) is 0 Å². The van der Waals surface area contributed by atoms with Gasteiger partial charge >= 0.3 is 0 Å². The van der Waals surface area contributed by atoms with Crippen LogP contribution < -0.4 is 15.0 Å². The second-order valence-electron chi connectivity index (χ2n) is 8.34. The van der Waals surface area contributed by atoms with Gasteiger partial charge in [-0.1, -0.05) is 12.1 Å². The number of ether oxygens (including phenoxy) is 1. The molecule has 5 heteroatoms. The fourth-order valence-corrected chi connectivity index (χ4v) is 4.60. The first kappa shape index (κ1) is 20.7. The molecule has 160 valence electrons. The predicted octanol–water partition coefficient (Wildman–Crippen LogP) is 4.25. The van der Waals surface area contributed by atoms with E-state index in [0.717, 1.165) is 37.5 Å². The van der Waals surface area contributed by atoms with Crippen molar-refractivity contribution in [2.24, 2.45) is 0 Å². The Labute approximate surface area is 180 Å². The van der Waals surface area contributed by atoms with E-state index in [2.05, 4.69) is 39.4 Å². The lowest BCUT2D eigenvalue weighted by Crippen LogP contribution is -2.36. The van der Waals surface area contributed by atoms with Crippen molar-refractivity contribution in [2.45, 2.75) is 38.1 Å². The summed E-state index contributed by atoms with van der Waals surface area (Å²) in [7, 11) is 1.68. The third-order valence-corrected chi connectivity index (χ3v) is 6.39. The number of nitrogens with zero attached hydrogens (tertiary/aromatic N) is 2. The Bertz CT molecular complexity index is 807. The van der Waals surface area contributed by atoms with Crippen molar-refractivity contribution in [1.82, 2.24) is 10.2 Å². The minimum absolute atomic E-state index is 0.00194. The van der Waals surface area contributed by atoms with Gasteiger partial charge in [-0.3, -0.25) is 9.69 Å². The summed E-state index contributed by atoms with van der Waals surface area (Å²) in [6, 6.07) is 16.5. The third kappa shape index (κ3) is 4.96. The third-order valence-electron chi connectivity index (χ3n) is 6.39. The van der Waals surface area contributed by atoms with Crippen molar-refractivity contribution < 1.29 is 9.53 Å². The van der Waals surface area contributed by atoms with Crippen LogP contribution in [0.5, 0.6) is 5.75 Å². The van der Waals surface area contributed by atoms with Gasteiger partial charge < -0.3 is 15.0 Å². The van der Waals surface area contributed by atoms with Gasteiger partial charge in [0.1, 0.15) is 5.75 Å². The monoisotopic (exact) mass is 407 g/mol. The number of hydrogen-bond acceptors (Lipinski definition) is 4. The van der Waals surface area contributed by atoms with Crippen molar-refractivity contribution in [2.75, 3.05) is 44.7 Å². The summed E-state index contributed by atoms with van der Waals surface area (Å²) in [5, 5.41) is 3.18. The second kappa shape index (κ2) is 9.98. The van der Waals surface area contributed by atoms with E-state index in [9.17, 15) is 4.79 Å². The number of nitrogens with one attached hydrogen (secondary N) is 1. The Morgan fingerprint density at radius 3 is 2.17 bits per heavy atom. The zero-order chi connectivity index (χ0) is 20.8. The number of rotatable bonds is 7. The molecular weight excluding hydrogens is 374 g/mol. The highest BCUT2D eigenvalue weighted by atomic mass is 16.5. The molecule has 2 fully saturated rings. The van der Waals surface area contributed by atoms with Crippen molar-refractivity contribution in [1.29, 1.82) is 0 Å². The Morgan fingerprint density at radius 2 is 1.53 bits per heavy atom. The first-order valence-corrected chi connectivity index (χ1v) is 11.3. The fraction of sp³-hybridized carbons (Fsp3) is 0.480. The zero-order valence-electron chi connectivity index (χ0n) is 18.0. The van der Waals surface area contributed by atoms with Gasteiger partial charge in [-0.15, -0.1) is 0 Å². The summed E-state index contributed by atoms with van der Waals surface area (Å²) in [5.41, 5.74) is 3.17. The summed E-state index contributed by atoms with van der Waals surface area (Å²) in [6.45, 7) is 5.00. The number of piperidine rings is 1. The molecule has 2 aliphatic heterocycles. The van der Waals surface area contributed by atoms with Crippen molar-refractivity contribution in [3.63, 3.8) is 0 Å². The summed E-state index contributed by atoms with van der Waals surface area (Å²) in [4.78, 5) is 17.7. The van der Waals surface area contributed by atoms with Gasteiger partial charge in [0.15, 0.2) is 0 Å². The molecule has 5 nitrogen and oxygen atoms in total. The SMILES string of the molecule is COc1ccc([C@@H](CNC(=O)c2ccc(N3CCCCC3)cc2)N2CCCC2)cc1. The Morgan fingerprint density at radius 1 is 0.900 bits per heavy atom. The van der Waals surface area contributed by atoms with Crippen LogP contribution >= 0.6 is 0 Å². The molecule has 2 heterocycles. The Kier molecular flexibility index (Phi) is 6.90. The van der Waals surface area contributed by atoms with Gasteiger partial charge in [0.2, 0.25) is 0 Å². The van der Waals surface area contributed by atoms with Gasteiger partial charge in [-0.2, -0.15) is 0 Å². The van der Waals surface area contributed by atoms with Crippen LogP contribution in [0.4, 0.5) is 5.69 Å². The van der Waals surface area contributed by atoms with E-state index in [1.165, 1.54) is 43.4 Å². The average Bonchev–Trinajstić information content (AvgIpc) is 3.35. The minimum Gasteiger partial charge on any atom is -0.497 e. The molecule has 0 unspecified atom stereocenters. The summed E-state index contributed by atoms with van der Waals surface area (Å²) < 4.78 is 5.30. The maximum Gasteiger partial charge on any atom is 0.251 e. The first-order chi connectivity index (χ1) is 14.7. The molecule has 0 aromatic heterocycles. The van der Waals surface area contributed by atoms with E-state index in [1.807, 2.05) is 24.3 Å². The molecule has 0 radical (unpaired) electrons. The largest absolute Gasteiger partial charge is 0.497 e. The molecule has 1 amide bonds. The molecule has 4 rings (SSSR count). The van der Waals surface area contributed by atoms with E-state index >= 15 is 0 Å². The highest BCUT2D eigenvalue weighted by Gasteiger charge is 2.24. The van der Waals surface area contributed by atoms with Crippen LogP contribution in [0, 0.1) is 0 Å². The number of hydrogen-bond donors (Lipinski definition) is 1. The van der Waals surface area contributed by atoms with Crippen molar-refractivity contribution in [3.05, 3.63) is 59.7 Å². The average molecular weight is 408 g/mol. The van der Waals surface area contributed by atoms with Crippen LogP contribution in [0.2, 0.25) is 0 Å². The van der Waals surface area contributed by atoms with Gasteiger partial charge in [0, 0.05) is 30.9 Å². The lowest BCUT2D eigenvalue weighted by molar-refractivity contribution is 0.0938. The molecule has 0 spiro atoms. The van der Waals surface area contributed by atoms with E-state index in [4.69, 9.17) is 4.74 Å². The summed E-state index contributed by atoms with van der Waals surface area (Å²) in [6.07, 6.45) is 6.28. The number of carbonyl (C=O) groups is 1. The lowest BCUT2D eigenvalue weighted by atomic mass is 10.0. The number of anilines is 1. The molecular formula is C25H33N3O2. The number of amides is 1. The van der Waals surface area contributed by atoms with E-state index in [0.29, 0.717) is 6.54 Å². The maximum atomic E-state index is 12.8. The quantitative estimate of drug-likeness (QED) is 0.745. The van der Waals surface area contributed by atoms with E-state index in [-0.39, 0.29) is 11.9 Å². The number of methoxy groups -OCH3 is 1. The molecule has 1 N–H and O–H groups in total. The van der Waals surface area contributed by atoms with Crippen LogP contribution in [0.15, 0.2) is 48.5 Å². The molecule has 2 aromatic carbocycles. The van der Waals surface area contributed by atoms with Gasteiger partial charge in [-0.05, 0) is 87.2 Å². The minimum atomic E-state index is -0.00194. The Balaban J connectivity index is 1.40. The summed E-state index contributed by atoms with van der Waals surface area (Å²) >= 11 is 0. The molecule has 2 aromatic rings. The zero-order valence-corrected chi connectivity index (χ0v) is 18.0. The van der Waals surface area contributed by atoms with E-state index < -0.39 is 0 Å². The highest BCUT2D eigenvalue weighted by Crippen LogP contribution is 2.26. The second-order valence-corrected chi connectivity index (χ2v) is 8.34. The standard InChI is InChI=1S/C25H33N3O2/c1-30-23-13-9-20(10-14-23)24(28-17-5-6-18-28)19-26-25(29)21-7-11-22(12-8-21)27-15-3-2-4-16-27/h7-14,24H,2-6,15-19H2,1H3,(H,26,29)/t24-/m1/s1. The van der Waals surface area contributed by atoms with Gasteiger partial charge in [-0.25, -0.2) is 0 Å². The van der Waals surface area contributed by atoms with Crippen molar-refractivity contribution >= 4 is 11.6 Å². The van der Waals surface area contributed by atoms with Gasteiger partial charge in [0.05, 0.1) is 13.2 Å². The molecule has 0 saturated carbocycles. The van der Waals surface area contributed by atoms with Crippen LogP contribution in [0.1, 0.15) is 54.1 Å². The van der Waals surface area contributed by atoms with Crippen LogP contribution in [0.3, 0.4) is 0 Å². The number of carbonyl (C=O) groups excluding carboxylic acids is 1. The lowest BCUT2D eigenvalue weighted by Gasteiger charge is -2.29. The fourth-order valence-electron chi connectivity index (χ4n) is 4.60. The molecule has 30 heavy (non-hydrogen) atoms. The van der Waals surface area contributed by atoms with Gasteiger partial charge in [0.25, 0.3) is 5.91 Å². The first-order valence-electron chi connectivity index (χ1n) is 11.3. The molecule has 1 atom stereocenters. The van der Waals surface area contributed by atoms with Crippen molar-refractivity contribution in [3.8, 4) is 5.75 Å². The summed E-state index contributed by atoms with van der Waals surface area (Å²) in [5.74, 6) is 0.856. The number of likely N-dealkylation sites (tertiary alicyclic amines) is 1. The molecule has 0 bridgehead atoms. The van der Waals surface area contributed by atoms with Crippen LogP contribution in [-0.4, -0.2) is 50.6 Å². The smallest absolute Gasteiger partial charge is 0.251 e. The van der Waals surface area contributed by atoms with E-state index in [1.54, 1.807) is 7.11 Å². The molecule has 2 saturated heterocycles. The topological polar surface area (TPSA) is 44.8 Å². The number of benzene rings is 2. The molecule has 2 aliphatic rings. The maximum absolute atomic E-state index is 12.8. The molecule has 0 aliphatic carbocycles. The van der Waals surface area contributed by atoms with Crippen LogP contribution in [0.25, 0.3) is 0 Å². The normalized spacial score (nSPS) is 18.2. The Hall–Kier alpha value is -2.53. The highest BCUT2D eigenvalue weighted by molar-refractivity contribution is 5.94.